The van der Waals surface area contributed by atoms with Gasteiger partial charge in [-0.15, -0.1) is 0 Å². The number of amidine groups is 1. The SMILES string of the molecule is CN=CC(=CC(N)=NC1=CC=C2NC=C(B3OC(C)(C)C(C)(C)O3)C=C2N1)C(C)C. The minimum atomic E-state index is -0.439. The van der Waals surface area contributed by atoms with Crippen LogP contribution in [0.3, 0.4) is 0 Å². The van der Waals surface area contributed by atoms with Crippen molar-refractivity contribution in [1.82, 2.24) is 10.6 Å². The van der Waals surface area contributed by atoms with Crippen molar-refractivity contribution in [3.63, 3.8) is 0 Å². The quantitative estimate of drug-likeness (QED) is 0.369. The molecular formula is C22H32BN5O2. The average Bonchev–Trinajstić information content (AvgIpc) is 2.88. The fourth-order valence-electron chi connectivity index (χ4n) is 3.13. The number of dihydropyridines is 2. The molecule has 0 radical (unpaired) electrons. The van der Waals surface area contributed by atoms with E-state index < -0.39 is 7.12 Å². The Morgan fingerprint density at radius 2 is 1.80 bits per heavy atom. The molecule has 1 saturated heterocycles. The first-order valence-electron chi connectivity index (χ1n) is 10.2. The van der Waals surface area contributed by atoms with E-state index in [1.165, 1.54) is 0 Å². The van der Waals surface area contributed by atoms with Gasteiger partial charge in [0, 0.05) is 24.9 Å². The van der Waals surface area contributed by atoms with E-state index in [9.17, 15) is 0 Å². The van der Waals surface area contributed by atoms with E-state index in [0.717, 1.165) is 22.4 Å². The van der Waals surface area contributed by atoms with Gasteiger partial charge in [0.2, 0.25) is 0 Å². The number of fused-ring (bicyclic) bond motifs is 1. The van der Waals surface area contributed by atoms with Crippen molar-refractivity contribution >= 4 is 19.2 Å². The molecule has 0 atom stereocenters. The van der Waals surface area contributed by atoms with Crippen molar-refractivity contribution in [1.29, 1.82) is 0 Å². The van der Waals surface area contributed by atoms with Gasteiger partial charge in [-0.25, -0.2) is 4.99 Å². The Morgan fingerprint density at radius 3 is 2.40 bits per heavy atom. The van der Waals surface area contributed by atoms with Crippen LogP contribution in [0.15, 0.2) is 68.7 Å². The lowest BCUT2D eigenvalue weighted by Crippen LogP contribution is -2.41. The van der Waals surface area contributed by atoms with Crippen LogP contribution in [0.2, 0.25) is 0 Å². The second-order valence-corrected chi connectivity index (χ2v) is 8.92. The largest absolute Gasteiger partial charge is 0.496 e. The topological polar surface area (TPSA) is 93.3 Å². The molecule has 4 N–H and O–H groups in total. The Balaban J connectivity index is 1.77. The molecule has 3 aliphatic rings. The Bertz CT molecular complexity index is 904. The Morgan fingerprint density at radius 1 is 1.13 bits per heavy atom. The van der Waals surface area contributed by atoms with E-state index in [1.54, 1.807) is 7.05 Å². The van der Waals surface area contributed by atoms with E-state index in [1.807, 2.05) is 64.4 Å². The summed E-state index contributed by atoms with van der Waals surface area (Å²) >= 11 is 0. The first-order valence-corrected chi connectivity index (χ1v) is 10.2. The third-order valence-corrected chi connectivity index (χ3v) is 5.70. The minimum absolute atomic E-state index is 0.306. The third kappa shape index (κ3) is 4.60. The molecule has 160 valence electrons. The van der Waals surface area contributed by atoms with E-state index in [2.05, 4.69) is 34.5 Å². The van der Waals surface area contributed by atoms with Gasteiger partial charge in [-0.2, -0.15) is 0 Å². The molecule has 0 spiro atoms. The Kier molecular flexibility index (Phi) is 6.10. The van der Waals surface area contributed by atoms with Crippen LogP contribution < -0.4 is 16.4 Å². The first kappa shape index (κ1) is 22.1. The molecule has 0 bridgehead atoms. The number of nitrogens with one attached hydrogen (secondary N) is 2. The summed E-state index contributed by atoms with van der Waals surface area (Å²) in [7, 11) is 1.31. The van der Waals surface area contributed by atoms with Crippen LogP contribution in [0, 0.1) is 5.92 Å². The Labute approximate surface area is 179 Å². The molecule has 7 nitrogen and oxygen atoms in total. The molecule has 0 unspecified atom stereocenters. The highest BCUT2D eigenvalue weighted by Crippen LogP contribution is 2.39. The van der Waals surface area contributed by atoms with Gasteiger partial charge in [0.05, 0.1) is 22.6 Å². The fraction of sp³-hybridized carbons (Fsp3) is 0.455. The maximum Gasteiger partial charge on any atom is 0.496 e. The lowest BCUT2D eigenvalue weighted by Gasteiger charge is -2.32. The molecule has 3 heterocycles. The molecule has 3 aliphatic heterocycles. The highest BCUT2D eigenvalue weighted by Gasteiger charge is 2.52. The van der Waals surface area contributed by atoms with Crippen LogP contribution >= 0.6 is 0 Å². The number of hydrogen-bond acceptors (Lipinski definition) is 6. The van der Waals surface area contributed by atoms with Crippen molar-refractivity contribution in [3.8, 4) is 0 Å². The van der Waals surface area contributed by atoms with Gasteiger partial charge in [-0.1, -0.05) is 13.8 Å². The molecule has 8 heteroatoms. The van der Waals surface area contributed by atoms with Crippen LogP contribution in [0.25, 0.3) is 0 Å². The monoisotopic (exact) mass is 409 g/mol. The first-order chi connectivity index (χ1) is 14.0. The summed E-state index contributed by atoms with van der Waals surface area (Å²) in [5.41, 5.74) is 9.14. The van der Waals surface area contributed by atoms with Gasteiger partial charge >= 0.3 is 7.12 Å². The second-order valence-electron chi connectivity index (χ2n) is 8.92. The summed E-state index contributed by atoms with van der Waals surface area (Å²) in [5.74, 6) is 1.38. The molecule has 0 aromatic carbocycles. The van der Waals surface area contributed by atoms with Crippen LogP contribution in [-0.2, 0) is 9.31 Å². The average molecular weight is 409 g/mol. The van der Waals surface area contributed by atoms with Gasteiger partial charge < -0.3 is 25.7 Å². The zero-order chi connectivity index (χ0) is 22.1. The van der Waals surface area contributed by atoms with E-state index >= 15 is 0 Å². The third-order valence-electron chi connectivity index (χ3n) is 5.70. The predicted octanol–water partition coefficient (Wildman–Crippen LogP) is 2.96. The van der Waals surface area contributed by atoms with E-state index in [4.69, 9.17) is 15.0 Å². The number of nitrogens with zero attached hydrogens (tertiary/aromatic N) is 2. The molecule has 30 heavy (non-hydrogen) atoms. The standard InChI is InChI=1S/C22H32BN5O2/c1-14(2)15(12-25-7)10-19(24)28-20-9-8-17-18(27-20)11-16(13-26-17)23-29-21(3,4)22(5,6)30-23/h8-14,26-27H,1-7H3,(H2,24,28). The molecule has 0 aliphatic carbocycles. The normalized spacial score (nSPS) is 23.4. The van der Waals surface area contributed by atoms with Crippen molar-refractivity contribution in [2.45, 2.75) is 52.7 Å². The van der Waals surface area contributed by atoms with Crippen molar-refractivity contribution in [3.05, 3.63) is 58.8 Å². The van der Waals surface area contributed by atoms with Crippen LogP contribution in [0.4, 0.5) is 0 Å². The molecule has 0 amide bonds. The maximum atomic E-state index is 6.16. The molecule has 3 rings (SSSR count). The van der Waals surface area contributed by atoms with Gasteiger partial charge in [-0.3, -0.25) is 4.99 Å². The Hall–Kier alpha value is -2.58. The summed E-state index contributed by atoms with van der Waals surface area (Å²) in [6.45, 7) is 12.4. The highest BCUT2D eigenvalue weighted by molar-refractivity contribution is 6.55. The van der Waals surface area contributed by atoms with Gasteiger partial charge in [0.1, 0.15) is 11.7 Å². The second kappa shape index (κ2) is 8.28. The molecule has 0 aromatic rings. The molecule has 0 aromatic heterocycles. The highest BCUT2D eigenvalue weighted by atomic mass is 16.7. The minimum Gasteiger partial charge on any atom is -0.399 e. The molecule has 1 fully saturated rings. The van der Waals surface area contributed by atoms with Gasteiger partial charge in [0.15, 0.2) is 0 Å². The maximum absolute atomic E-state index is 6.16. The van der Waals surface area contributed by atoms with Crippen LogP contribution in [0.1, 0.15) is 41.5 Å². The smallest absolute Gasteiger partial charge is 0.399 e. The summed E-state index contributed by atoms with van der Waals surface area (Å²) < 4.78 is 12.3. The molecular weight excluding hydrogens is 377 g/mol. The number of aliphatic imine (C=N–C) groups is 2. The zero-order valence-corrected chi connectivity index (χ0v) is 18.9. The van der Waals surface area contributed by atoms with Crippen LogP contribution in [0.5, 0.6) is 0 Å². The fourth-order valence-corrected chi connectivity index (χ4v) is 3.13. The lowest BCUT2D eigenvalue weighted by atomic mass is 9.77. The number of allylic oxidation sites excluding steroid dienone is 5. The van der Waals surface area contributed by atoms with E-state index in [-0.39, 0.29) is 11.2 Å². The number of hydrogen-bond donors (Lipinski definition) is 3. The van der Waals surface area contributed by atoms with Crippen molar-refractivity contribution in [2.24, 2.45) is 21.6 Å². The number of rotatable bonds is 5. The predicted molar refractivity (Wildman–Crippen MR) is 124 cm³/mol. The zero-order valence-electron chi connectivity index (χ0n) is 18.9. The van der Waals surface area contributed by atoms with E-state index in [0.29, 0.717) is 17.6 Å². The van der Waals surface area contributed by atoms with Crippen LogP contribution in [-0.4, -0.2) is 37.4 Å². The van der Waals surface area contributed by atoms with Crippen molar-refractivity contribution < 1.29 is 9.31 Å². The summed E-state index contributed by atoms with van der Waals surface area (Å²) in [6.07, 6.45) is 11.4. The summed E-state index contributed by atoms with van der Waals surface area (Å²) in [5, 5.41) is 6.62. The summed E-state index contributed by atoms with van der Waals surface area (Å²) in [6, 6.07) is 0. The van der Waals surface area contributed by atoms with Gasteiger partial charge in [-0.05, 0) is 63.5 Å². The van der Waals surface area contributed by atoms with Crippen molar-refractivity contribution in [2.75, 3.05) is 7.05 Å². The van der Waals surface area contributed by atoms with Gasteiger partial charge in [0.25, 0.3) is 0 Å². The summed E-state index contributed by atoms with van der Waals surface area (Å²) in [4.78, 5) is 8.60. The lowest BCUT2D eigenvalue weighted by molar-refractivity contribution is 0.00578. The molecule has 0 saturated carbocycles. The number of nitrogens with two attached hydrogens (primary N) is 1.